The Kier molecular flexibility index (Phi) is 3.32. The Bertz CT molecular complexity index is 1220. The van der Waals surface area contributed by atoms with Crippen molar-refractivity contribution in [2.45, 2.75) is 6.92 Å². The Morgan fingerprint density at radius 3 is 2.15 bits per heavy atom. The molecule has 26 heavy (non-hydrogen) atoms. The van der Waals surface area contributed by atoms with Gasteiger partial charge < -0.3 is 0 Å². The first kappa shape index (κ1) is 14.8. The smallest absolute Gasteiger partial charge is 0.0859 e. The summed E-state index contributed by atoms with van der Waals surface area (Å²) >= 11 is 0. The molecule has 3 heteroatoms. The molecular formula is C23H17N3. The normalized spacial score (nSPS) is 11.3. The molecule has 0 aliphatic carbocycles. The number of rotatable bonds is 2. The standard InChI is InChI=1S/C23H17N3/c1-16-21-22(17-10-4-2-5-11-17)24-20-15-9-8-14-19(20)23(21)26(25-16)18-12-6-3-7-13-18/h2-15H,1H3. The maximum absolute atomic E-state index is 4.99. The highest BCUT2D eigenvalue weighted by Gasteiger charge is 2.18. The third-order valence-corrected chi connectivity index (χ3v) is 4.74. The van der Waals surface area contributed by atoms with Crippen molar-refractivity contribution in [2.75, 3.05) is 0 Å². The van der Waals surface area contributed by atoms with Crippen LogP contribution in [0.2, 0.25) is 0 Å². The largest absolute Gasteiger partial charge is 0.247 e. The zero-order valence-electron chi connectivity index (χ0n) is 14.4. The second-order valence-electron chi connectivity index (χ2n) is 6.40. The van der Waals surface area contributed by atoms with Gasteiger partial charge in [0.25, 0.3) is 0 Å². The van der Waals surface area contributed by atoms with Crippen LogP contribution >= 0.6 is 0 Å². The van der Waals surface area contributed by atoms with E-state index in [9.17, 15) is 0 Å². The number of aryl methyl sites for hydroxylation is 1. The minimum atomic E-state index is 0.982. The average molecular weight is 335 g/mol. The van der Waals surface area contributed by atoms with Crippen LogP contribution in [0.4, 0.5) is 0 Å². The fraction of sp³-hybridized carbons (Fsp3) is 0.0435. The Morgan fingerprint density at radius 1 is 0.731 bits per heavy atom. The summed E-state index contributed by atoms with van der Waals surface area (Å²) in [5.74, 6) is 0. The molecule has 0 aliphatic heterocycles. The monoisotopic (exact) mass is 335 g/mol. The van der Waals surface area contributed by atoms with Crippen molar-refractivity contribution in [3.8, 4) is 16.9 Å². The molecule has 2 heterocycles. The third-order valence-electron chi connectivity index (χ3n) is 4.74. The second-order valence-corrected chi connectivity index (χ2v) is 6.40. The zero-order valence-corrected chi connectivity index (χ0v) is 14.4. The molecule has 0 N–H and O–H groups in total. The van der Waals surface area contributed by atoms with Gasteiger partial charge in [0.15, 0.2) is 0 Å². The average Bonchev–Trinajstić information content (AvgIpc) is 3.06. The number of fused-ring (bicyclic) bond motifs is 3. The molecule has 0 aliphatic rings. The fourth-order valence-electron chi connectivity index (χ4n) is 3.57. The molecule has 0 radical (unpaired) electrons. The van der Waals surface area contributed by atoms with E-state index < -0.39 is 0 Å². The Morgan fingerprint density at radius 2 is 1.38 bits per heavy atom. The highest BCUT2D eigenvalue weighted by Crippen LogP contribution is 2.35. The van der Waals surface area contributed by atoms with E-state index in [1.165, 1.54) is 0 Å². The molecule has 2 aromatic heterocycles. The van der Waals surface area contributed by atoms with Crippen molar-refractivity contribution < 1.29 is 0 Å². The van der Waals surface area contributed by atoms with E-state index in [2.05, 4.69) is 61.5 Å². The van der Waals surface area contributed by atoms with E-state index in [0.717, 1.165) is 44.4 Å². The molecule has 5 aromatic rings. The van der Waals surface area contributed by atoms with Crippen molar-refractivity contribution in [1.82, 2.24) is 14.8 Å². The van der Waals surface area contributed by atoms with E-state index in [-0.39, 0.29) is 0 Å². The van der Waals surface area contributed by atoms with Crippen LogP contribution in [0, 0.1) is 6.92 Å². The maximum Gasteiger partial charge on any atom is 0.0859 e. The molecule has 0 atom stereocenters. The fourth-order valence-corrected chi connectivity index (χ4v) is 3.57. The molecule has 0 spiro atoms. The van der Waals surface area contributed by atoms with Crippen LogP contribution in [0.15, 0.2) is 84.9 Å². The summed E-state index contributed by atoms with van der Waals surface area (Å²) in [5.41, 5.74) is 6.23. The van der Waals surface area contributed by atoms with Gasteiger partial charge in [-0.3, -0.25) is 0 Å². The second kappa shape index (κ2) is 5.81. The molecular weight excluding hydrogens is 318 g/mol. The Labute approximate surface area is 151 Å². The molecule has 0 fully saturated rings. The van der Waals surface area contributed by atoms with E-state index in [0.29, 0.717) is 0 Å². The molecule has 0 saturated carbocycles. The van der Waals surface area contributed by atoms with Gasteiger partial charge in [-0.25, -0.2) is 9.67 Å². The number of nitrogens with zero attached hydrogens (tertiary/aromatic N) is 3. The highest BCUT2D eigenvalue weighted by molar-refractivity contribution is 6.10. The van der Waals surface area contributed by atoms with Gasteiger partial charge in [-0.2, -0.15) is 5.10 Å². The van der Waals surface area contributed by atoms with Crippen LogP contribution < -0.4 is 0 Å². The van der Waals surface area contributed by atoms with Crippen molar-refractivity contribution in [3.63, 3.8) is 0 Å². The predicted molar refractivity (Wildman–Crippen MR) is 107 cm³/mol. The van der Waals surface area contributed by atoms with Gasteiger partial charge >= 0.3 is 0 Å². The van der Waals surface area contributed by atoms with Crippen LogP contribution in [-0.4, -0.2) is 14.8 Å². The number of aromatic nitrogens is 3. The minimum absolute atomic E-state index is 0.982. The molecule has 3 aromatic carbocycles. The lowest BCUT2D eigenvalue weighted by atomic mass is 10.0. The van der Waals surface area contributed by atoms with Crippen LogP contribution in [0.1, 0.15) is 5.69 Å². The highest BCUT2D eigenvalue weighted by atomic mass is 15.3. The van der Waals surface area contributed by atoms with Crippen molar-refractivity contribution >= 4 is 21.8 Å². The minimum Gasteiger partial charge on any atom is -0.247 e. The van der Waals surface area contributed by atoms with Gasteiger partial charge in [0, 0.05) is 10.9 Å². The van der Waals surface area contributed by atoms with E-state index >= 15 is 0 Å². The molecule has 124 valence electrons. The van der Waals surface area contributed by atoms with Crippen LogP contribution in [0.3, 0.4) is 0 Å². The SMILES string of the molecule is Cc1nn(-c2ccccc2)c2c1c(-c1ccccc1)nc1ccccc12. The van der Waals surface area contributed by atoms with Crippen LogP contribution in [-0.2, 0) is 0 Å². The summed E-state index contributed by atoms with van der Waals surface area (Å²) in [6, 6.07) is 28.9. The van der Waals surface area contributed by atoms with Crippen LogP contribution in [0.5, 0.6) is 0 Å². The first-order chi connectivity index (χ1) is 12.8. The van der Waals surface area contributed by atoms with Gasteiger partial charge in [-0.1, -0.05) is 66.7 Å². The van der Waals surface area contributed by atoms with E-state index in [4.69, 9.17) is 10.1 Å². The lowest BCUT2D eigenvalue weighted by Crippen LogP contribution is -1.97. The third kappa shape index (κ3) is 2.21. The lowest BCUT2D eigenvalue weighted by molar-refractivity contribution is 0.891. The summed E-state index contributed by atoms with van der Waals surface area (Å²) in [4.78, 5) is 4.99. The molecule has 0 bridgehead atoms. The molecule has 5 rings (SSSR count). The maximum atomic E-state index is 4.99. The van der Waals surface area contributed by atoms with Crippen LogP contribution in [0.25, 0.3) is 38.8 Å². The Hall–Kier alpha value is -3.46. The van der Waals surface area contributed by atoms with Gasteiger partial charge in [-0.05, 0) is 25.1 Å². The summed E-state index contributed by atoms with van der Waals surface area (Å²) in [7, 11) is 0. The number of hydrogen-bond donors (Lipinski definition) is 0. The summed E-state index contributed by atoms with van der Waals surface area (Å²) in [6.07, 6.45) is 0. The predicted octanol–water partition coefficient (Wildman–Crippen LogP) is 5.55. The molecule has 0 amide bonds. The number of hydrogen-bond acceptors (Lipinski definition) is 2. The van der Waals surface area contributed by atoms with Crippen molar-refractivity contribution in [3.05, 3.63) is 90.6 Å². The molecule has 3 nitrogen and oxygen atoms in total. The number of pyridine rings is 1. The summed E-state index contributed by atoms with van der Waals surface area (Å²) in [5, 5.41) is 7.10. The summed E-state index contributed by atoms with van der Waals surface area (Å²) in [6.45, 7) is 2.06. The summed E-state index contributed by atoms with van der Waals surface area (Å²) < 4.78 is 2.04. The first-order valence-corrected chi connectivity index (χ1v) is 8.72. The van der Waals surface area contributed by atoms with Crippen molar-refractivity contribution in [2.24, 2.45) is 0 Å². The molecule has 0 saturated heterocycles. The van der Waals surface area contributed by atoms with E-state index in [1.807, 2.05) is 35.0 Å². The quantitative estimate of drug-likeness (QED) is 0.423. The topological polar surface area (TPSA) is 30.7 Å². The zero-order chi connectivity index (χ0) is 17.5. The lowest BCUT2D eigenvalue weighted by Gasteiger charge is -2.09. The molecule has 0 unspecified atom stereocenters. The number of benzene rings is 3. The van der Waals surface area contributed by atoms with Crippen molar-refractivity contribution in [1.29, 1.82) is 0 Å². The number of para-hydroxylation sites is 2. The van der Waals surface area contributed by atoms with Gasteiger partial charge in [-0.15, -0.1) is 0 Å². The van der Waals surface area contributed by atoms with Gasteiger partial charge in [0.05, 0.1) is 33.5 Å². The first-order valence-electron chi connectivity index (χ1n) is 8.72. The Balaban J connectivity index is 1.97. The van der Waals surface area contributed by atoms with Gasteiger partial charge in [0.1, 0.15) is 0 Å². The van der Waals surface area contributed by atoms with Gasteiger partial charge in [0.2, 0.25) is 0 Å². The van der Waals surface area contributed by atoms with E-state index in [1.54, 1.807) is 0 Å².